The largest absolute Gasteiger partial charge is 0.469 e. The summed E-state index contributed by atoms with van der Waals surface area (Å²) in [5.41, 5.74) is -0.982. The van der Waals surface area contributed by atoms with E-state index in [9.17, 15) is 4.79 Å². The lowest BCUT2D eigenvalue weighted by atomic mass is 9.78. The molecule has 17 atom stereocenters. The van der Waals surface area contributed by atoms with Gasteiger partial charge in [0.25, 0.3) is 0 Å². The molecule has 0 aromatic carbocycles. The molecule has 0 unspecified atom stereocenters. The maximum Gasteiger partial charge on any atom is 0.311 e. The minimum Gasteiger partial charge on any atom is -0.469 e. The lowest BCUT2D eigenvalue weighted by Gasteiger charge is -2.50. The molecule has 0 bridgehead atoms. The average molecular weight is 827 g/mol. The van der Waals surface area contributed by atoms with Gasteiger partial charge < -0.3 is 47.1 Å². The summed E-state index contributed by atoms with van der Waals surface area (Å²) in [5, 5.41) is 0.0905. The Balaban J connectivity index is 1.30. The van der Waals surface area contributed by atoms with Gasteiger partial charge in [-0.1, -0.05) is 62.3 Å². The molecule has 0 radical (unpaired) electrons. The Morgan fingerprint density at radius 1 is 0.930 bits per heavy atom. The Labute approximate surface area is 347 Å². The highest BCUT2D eigenvalue weighted by Gasteiger charge is 2.62. The Hall–Kier alpha value is -0.673. The number of ether oxygens (including phenoxy) is 9. The van der Waals surface area contributed by atoms with Crippen LogP contribution < -0.4 is 0 Å². The first-order valence-electron chi connectivity index (χ1n) is 22.2. The predicted molar refractivity (Wildman–Crippen MR) is 222 cm³/mol. The molecule has 5 aliphatic heterocycles. The second-order valence-electron chi connectivity index (χ2n) is 20.7. The van der Waals surface area contributed by atoms with E-state index in [2.05, 4.69) is 82.3 Å². The number of carbonyl (C=O) groups excluding carboxylic acids is 1. The van der Waals surface area contributed by atoms with Crippen molar-refractivity contribution in [2.75, 3.05) is 35.0 Å². The first-order chi connectivity index (χ1) is 26.5. The molecule has 5 fully saturated rings. The van der Waals surface area contributed by atoms with Crippen LogP contribution in [0.3, 0.4) is 0 Å². The predicted octanol–water partition coefficient (Wildman–Crippen LogP) is 8.70. The van der Waals surface area contributed by atoms with Crippen molar-refractivity contribution < 1.29 is 51.9 Å². The van der Waals surface area contributed by atoms with Crippen LogP contribution in [-0.4, -0.2) is 115 Å². The fraction of sp³-hybridized carbons (Fsp3) is 0.978. The minimum atomic E-state index is -2.03. The fourth-order valence-electron chi connectivity index (χ4n) is 11.1. The number of rotatable bonds is 14. The van der Waals surface area contributed by atoms with Gasteiger partial charge in [0, 0.05) is 51.9 Å². The molecule has 57 heavy (non-hydrogen) atoms. The van der Waals surface area contributed by atoms with Crippen molar-refractivity contribution in [3.05, 3.63) is 0 Å². The van der Waals surface area contributed by atoms with Crippen molar-refractivity contribution in [1.29, 1.82) is 0 Å². The van der Waals surface area contributed by atoms with Crippen LogP contribution >= 0.6 is 0 Å². The normalized spacial score (nSPS) is 44.6. The summed E-state index contributed by atoms with van der Waals surface area (Å²) < 4.78 is 66.0. The van der Waals surface area contributed by atoms with Gasteiger partial charge in [-0.05, 0) is 82.3 Å². The van der Waals surface area contributed by atoms with Crippen LogP contribution in [0.2, 0.25) is 18.1 Å². The SMILES string of the molecule is CC[C@@]1([C@@H]2O[C@@H]([C@H]3O[C@](CO[Si](C)(C)C(C)(C)C)(OC)[C@H](C)C[C@@H]3C)C[C@@H]2C)CC[C@H]([C@]2(C)CC[C@]3(C[C@H](OC)[C@@H](C)[C@@H]([C@@H](C)[C@@H](OC)[C@H](C)C(=O)OC)O3)O2)O1. The van der Waals surface area contributed by atoms with Crippen LogP contribution in [0, 0.1) is 35.5 Å². The van der Waals surface area contributed by atoms with E-state index in [1.54, 1.807) is 21.3 Å². The molecular weight excluding hydrogens is 745 g/mol. The molecule has 0 aromatic rings. The van der Waals surface area contributed by atoms with E-state index in [1.165, 1.54) is 7.11 Å². The van der Waals surface area contributed by atoms with Crippen LogP contribution in [0.1, 0.15) is 128 Å². The van der Waals surface area contributed by atoms with Crippen LogP contribution in [0.25, 0.3) is 0 Å². The molecule has 0 aliphatic carbocycles. The molecule has 0 N–H and O–H groups in total. The third-order valence-electron chi connectivity index (χ3n) is 16.0. The van der Waals surface area contributed by atoms with Crippen molar-refractivity contribution in [2.24, 2.45) is 35.5 Å². The number of hydrogen-bond donors (Lipinski definition) is 0. The smallest absolute Gasteiger partial charge is 0.311 e. The summed E-state index contributed by atoms with van der Waals surface area (Å²) in [5.74, 6) is -1.66. The van der Waals surface area contributed by atoms with Gasteiger partial charge in [-0.25, -0.2) is 0 Å². The maximum atomic E-state index is 12.6. The van der Waals surface area contributed by atoms with Gasteiger partial charge in [0.1, 0.15) is 0 Å². The lowest BCUT2D eigenvalue weighted by molar-refractivity contribution is -0.338. The second-order valence-corrected chi connectivity index (χ2v) is 25.6. The van der Waals surface area contributed by atoms with Gasteiger partial charge in [0.15, 0.2) is 19.9 Å². The molecule has 5 aliphatic rings. The molecular formula is C45H82O11Si. The van der Waals surface area contributed by atoms with Crippen LogP contribution in [-0.2, 0) is 51.9 Å². The van der Waals surface area contributed by atoms with E-state index < -0.39 is 43.1 Å². The molecule has 332 valence electrons. The number of hydrogen-bond acceptors (Lipinski definition) is 11. The molecule has 0 amide bonds. The van der Waals surface area contributed by atoms with E-state index in [4.69, 9.17) is 47.1 Å². The van der Waals surface area contributed by atoms with Gasteiger partial charge in [0.2, 0.25) is 0 Å². The van der Waals surface area contributed by atoms with E-state index in [0.717, 1.165) is 44.9 Å². The third-order valence-corrected chi connectivity index (χ3v) is 20.5. The highest BCUT2D eigenvalue weighted by molar-refractivity contribution is 6.74. The van der Waals surface area contributed by atoms with Crippen molar-refractivity contribution in [1.82, 2.24) is 0 Å². The zero-order chi connectivity index (χ0) is 42.5. The summed E-state index contributed by atoms with van der Waals surface area (Å²) in [6.45, 7) is 29.2. The quantitative estimate of drug-likeness (QED) is 0.124. The highest BCUT2D eigenvalue weighted by Crippen LogP contribution is 2.55. The lowest BCUT2D eigenvalue weighted by Crippen LogP contribution is -2.59. The zero-order valence-corrected chi connectivity index (χ0v) is 39.9. The van der Waals surface area contributed by atoms with Crippen LogP contribution in [0.15, 0.2) is 0 Å². The van der Waals surface area contributed by atoms with E-state index >= 15 is 0 Å². The van der Waals surface area contributed by atoms with Gasteiger partial charge in [-0.15, -0.1) is 0 Å². The second kappa shape index (κ2) is 17.6. The summed E-state index contributed by atoms with van der Waals surface area (Å²) >= 11 is 0. The van der Waals surface area contributed by atoms with Gasteiger partial charge in [-0.3, -0.25) is 4.79 Å². The first-order valence-corrected chi connectivity index (χ1v) is 25.1. The van der Waals surface area contributed by atoms with Crippen LogP contribution in [0.5, 0.6) is 0 Å². The summed E-state index contributed by atoms with van der Waals surface area (Å²) in [6.07, 6.45) is 5.62. The molecule has 0 saturated carbocycles. The van der Waals surface area contributed by atoms with Crippen LogP contribution in [0.4, 0.5) is 0 Å². The zero-order valence-electron chi connectivity index (χ0n) is 38.9. The number of methoxy groups -OCH3 is 4. The van der Waals surface area contributed by atoms with E-state index in [1.807, 2.05) is 6.92 Å². The van der Waals surface area contributed by atoms with Gasteiger partial charge >= 0.3 is 5.97 Å². The number of carbonyl (C=O) groups is 1. The van der Waals surface area contributed by atoms with E-state index in [0.29, 0.717) is 24.9 Å². The Kier molecular flexibility index (Phi) is 14.6. The Bertz CT molecular complexity index is 1360. The molecule has 12 heteroatoms. The van der Waals surface area contributed by atoms with Gasteiger partial charge in [0.05, 0.1) is 73.6 Å². The Morgan fingerprint density at radius 2 is 1.61 bits per heavy atom. The van der Waals surface area contributed by atoms with Crippen molar-refractivity contribution in [3.63, 3.8) is 0 Å². The molecule has 0 aromatic heterocycles. The first kappa shape index (κ1) is 47.4. The van der Waals surface area contributed by atoms with E-state index in [-0.39, 0.29) is 65.4 Å². The molecule has 5 saturated heterocycles. The monoisotopic (exact) mass is 827 g/mol. The molecule has 1 spiro atoms. The van der Waals surface area contributed by atoms with Crippen molar-refractivity contribution in [3.8, 4) is 0 Å². The van der Waals surface area contributed by atoms with Crippen molar-refractivity contribution in [2.45, 2.75) is 211 Å². The summed E-state index contributed by atoms with van der Waals surface area (Å²) in [6, 6.07) is 0. The molecule has 5 heterocycles. The summed E-state index contributed by atoms with van der Waals surface area (Å²) in [7, 11) is 4.57. The number of esters is 1. The molecule has 5 rings (SSSR count). The fourth-order valence-corrected chi connectivity index (χ4v) is 12.1. The highest BCUT2D eigenvalue weighted by atomic mass is 28.4. The average Bonchev–Trinajstić information content (AvgIpc) is 3.88. The van der Waals surface area contributed by atoms with Gasteiger partial charge in [-0.2, -0.15) is 0 Å². The third kappa shape index (κ3) is 8.99. The standard InChI is InChI=1S/C45H82O11Si/c1-18-43(39-28(3)24-33(52-39)36-27(2)23-29(4)45(50-15,55-36)26-51-57(16,17)41(8,9)10)20-19-35(53-43)42(11)21-22-44(56-42)25-34(47-12)30(5)38(54-44)31(6)37(48-13)32(7)40(46)49-14/h27-39H,18-26H2,1-17H3/t27-,28-,29+,30+,31-,32-,33+,34-,35+,36-,37+,38-,39+,42-,43-,44+,45-/m0/s1. The van der Waals surface area contributed by atoms with Crippen molar-refractivity contribution >= 4 is 14.3 Å². The minimum absolute atomic E-state index is 0.0651. The maximum absolute atomic E-state index is 12.6. The topological polar surface area (TPSA) is 109 Å². The Morgan fingerprint density at radius 3 is 2.19 bits per heavy atom. The molecule has 11 nitrogen and oxygen atoms in total. The summed E-state index contributed by atoms with van der Waals surface area (Å²) in [4.78, 5) is 12.6.